The van der Waals surface area contributed by atoms with E-state index < -0.39 is 5.60 Å². The van der Waals surface area contributed by atoms with Crippen LogP contribution in [-0.2, 0) is 12.0 Å². The number of rotatable bonds is 0. The smallest absolute Gasteiger partial charge is 0.367 e. The Morgan fingerprint density at radius 2 is 2.47 bits per heavy atom. The van der Waals surface area contributed by atoms with Gasteiger partial charge in [-0.2, -0.15) is 9.59 Å². The summed E-state index contributed by atoms with van der Waals surface area (Å²) in [4.78, 5) is 11.0. The van der Waals surface area contributed by atoms with Crippen molar-refractivity contribution < 1.29 is 19.6 Å². The van der Waals surface area contributed by atoms with E-state index in [1.54, 1.807) is 0 Å². The summed E-state index contributed by atoms with van der Waals surface area (Å²) in [7, 11) is 0. The highest BCUT2D eigenvalue weighted by molar-refractivity contribution is 5.23. The number of aromatic nitrogens is 2. The molecule has 1 saturated heterocycles. The molecule has 0 radical (unpaired) electrons. The lowest BCUT2D eigenvalue weighted by molar-refractivity contribution is -0.753. The minimum Gasteiger partial charge on any atom is -0.381 e. The van der Waals surface area contributed by atoms with E-state index in [2.05, 4.69) is 5.10 Å². The quantitative estimate of drug-likeness (QED) is 0.521. The van der Waals surface area contributed by atoms with Crippen LogP contribution < -0.4 is 4.71 Å². The summed E-state index contributed by atoms with van der Waals surface area (Å²) in [6.45, 7) is 0.401. The average molecular weight is 214 g/mol. The van der Waals surface area contributed by atoms with Crippen molar-refractivity contribution in [1.82, 2.24) is 10.2 Å². The second kappa shape index (κ2) is 2.69. The van der Waals surface area contributed by atoms with Crippen LogP contribution in [0.2, 0.25) is 0 Å². The molecule has 3 rings (SSSR count). The molecule has 0 spiro atoms. The SMILES string of the molecule is O=[n+]1[nH]c2c(o1)CC[C@@H]1N(O)CC[C@@]21O. The fourth-order valence-corrected chi connectivity index (χ4v) is 2.63. The molecule has 0 bridgehead atoms. The lowest BCUT2D eigenvalue weighted by atomic mass is 9.82. The summed E-state index contributed by atoms with van der Waals surface area (Å²) in [5.74, 6) is 0.485. The minimum absolute atomic E-state index is 0.241. The van der Waals surface area contributed by atoms with Gasteiger partial charge < -0.3 is 10.3 Å². The molecule has 82 valence electrons. The van der Waals surface area contributed by atoms with Crippen molar-refractivity contribution in [2.24, 2.45) is 0 Å². The van der Waals surface area contributed by atoms with Crippen LogP contribution in [0.4, 0.5) is 0 Å². The first kappa shape index (κ1) is 9.08. The van der Waals surface area contributed by atoms with Crippen LogP contribution in [0.15, 0.2) is 4.52 Å². The minimum atomic E-state index is -1.18. The number of nitrogens with one attached hydrogen (secondary N) is 1. The normalized spacial score (nSPS) is 35.2. The van der Waals surface area contributed by atoms with Gasteiger partial charge in [0.05, 0.1) is 6.04 Å². The Labute approximate surface area is 84.4 Å². The van der Waals surface area contributed by atoms with E-state index in [0.29, 0.717) is 37.3 Å². The molecule has 2 aliphatic rings. The zero-order valence-corrected chi connectivity index (χ0v) is 8.01. The van der Waals surface area contributed by atoms with Crippen LogP contribution in [0.1, 0.15) is 24.3 Å². The molecule has 0 saturated carbocycles. The van der Waals surface area contributed by atoms with Crippen LogP contribution in [0.25, 0.3) is 0 Å². The van der Waals surface area contributed by atoms with E-state index >= 15 is 0 Å². The number of hydrogen-bond donors (Lipinski definition) is 3. The maximum absolute atomic E-state index is 11.0. The Hall–Kier alpha value is -1.18. The van der Waals surface area contributed by atoms with Crippen molar-refractivity contribution in [3.63, 3.8) is 0 Å². The largest absolute Gasteiger partial charge is 0.381 e. The number of hydrogen-bond acceptors (Lipinski definition) is 5. The average Bonchev–Trinajstić information content (AvgIpc) is 2.69. The van der Waals surface area contributed by atoms with Gasteiger partial charge in [0.15, 0.2) is 5.69 Å². The third-order valence-corrected chi connectivity index (χ3v) is 3.39. The molecule has 7 heteroatoms. The number of H-pyrrole nitrogens is 1. The number of hydroxylamine groups is 2. The highest BCUT2D eigenvalue weighted by atomic mass is 16.6. The third-order valence-electron chi connectivity index (χ3n) is 3.39. The molecule has 3 N–H and O–H groups in total. The predicted molar refractivity (Wildman–Crippen MR) is 45.5 cm³/mol. The van der Waals surface area contributed by atoms with E-state index in [1.165, 1.54) is 0 Å². The summed E-state index contributed by atoms with van der Waals surface area (Å²) in [5, 5.41) is 23.5. The van der Waals surface area contributed by atoms with E-state index in [-0.39, 0.29) is 10.8 Å². The highest BCUT2D eigenvalue weighted by Crippen LogP contribution is 2.42. The molecule has 1 aliphatic carbocycles. The summed E-state index contributed by atoms with van der Waals surface area (Å²) in [6, 6.07) is -0.348. The second-order valence-corrected chi connectivity index (χ2v) is 4.15. The van der Waals surface area contributed by atoms with E-state index in [0.717, 1.165) is 5.06 Å². The molecule has 1 aromatic heterocycles. The Morgan fingerprint density at radius 3 is 3.27 bits per heavy atom. The lowest BCUT2D eigenvalue weighted by Gasteiger charge is -2.32. The molecule has 1 fully saturated rings. The first-order valence-corrected chi connectivity index (χ1v) is 4.94. The molecule has 0 aromatic carbocycles. The summed E-state index contributed by atoms with van der Waals surface area (Å²) >= 11 is 0. The predicted octanol–water partition coefficient (Wildman–Crippen LogP) is -0.881. The topological polar surface area (TPSA) is 95.6 Å². The molecule has 2 atom stereocenters. The summed E-state index contributed by atoms with van der Waals surface area (Å²) < 4.78 is 5.10. The highest BCUT2D eigenvalue weighted by Gasteiger charge is 2.54. The number of aromatic amines is 1. The van der Waals surface area contributed by atoms with Gasteiger partial charge in [-0.05, 0) is 12.8 Å². The number of fused-ring (bicyclic) bond motifs is 3. The summed E-state index contributed by atoms with van der Waals surface area (Å²) in [6.07, 6.45) is 1.53. The standard InChI is InChI=1S/C8H12N3O4/c12-8-3-4-10(13)6(8)2-1-5-7(8)9-11(14)15-5/h6,12-13H,1-4H2,(H,9,14)/q+1/t6-,8-/m0/s1. The zero-order valence-electron chi connectivity index (χ0n) is 8.01. The Kier molecular flexibility index (Phi) is 1.63. The van der Waals surface area contributed by atoms with Crippen molar-refractivity contribution in [2.75, 3.05) is 6.54 Å². The van der Waals surface area contributed by atoms with Crippen LogP contribution in [0, 0.1) is 4.91 Å². The Morgan fingerprint density at radius 1 is 1.67 bits per heavy atom. The fraction of sp³-hybridized carbons (Fsp3) is 0.750. The summed E-state index contributed by atoms with van der Waals surface area (Å²) in [5.41, 5.74) is -0.771. The second-order valence-electron chi connectivity index (χ2n) is 4.15. The Bertz CT molecular complexity index is 453. The van der Waals surface area contributed by atoms with Gasteiger partial charge in [-0.25, -0.2) is 0 Å². The van der Waals surface area contributed by atoms with Gasteiger partial charge in [-0.1, -0.05) is 5.10 Å². The van der Waals surface area contributed by atoms with Crippen molar-refractivity contribution in [3.8, 4) is 0 Å². The van der Waals surface area contributed by atoms with Gasteiger partial charge in [0.2, 0.25) is 5.76 Å². The van der Waals surface area contributed by atoms with Gasteiger partial charge in [0, 0.05) is 13.0 Å². The molecule has 1 aromatic rings. The number of aliphatic hydroxyl groups is 1. The van der Waals surface area contributed by atoms with E-state index in [1.807, 2.05) is 0 Å². The first-order chi connectivity index (χ1) is 7.11. The van der Waals surface area contributed by atoms with Crippen LogP contribution in [0.3, 0.4) is 0 Å². The van der Waals surface area contributed by atoms with Crippen molar-refractivity contribution in [2.45, 2.75) is 30.9 Å². The van der Waals surface area contributed by atoms with Gasteiger partial charge in [-0.3, -0.25) is 0 Å². The first-order valence-electron chi connectivity index (χ1n) is 4.94. The monoisotopic (exact) mass is 214 g/mol. The molecule has 0 unspecified atom stereocenters. The van der Waals surface area contributed by atoms with Gasteiger partial charge in [-0.15, -0.1) is 0 Å². The maximum Gasteiger partial charge on any atom is 0.367 e. The molecule has 1 aliphatic heterocycles. The fourth-order valence-electron chi connectivity index (χ4n) is 2.63. The third kappa shape index (κ3) is 1.05. The van der Waals surface area contributed by atoms with E-state index in [9.17, 15) is 15.2 Å². The maximum atomic E-state index is 11.0. The van der Waals surface area contributed by atoms with Crippen molar-refractivity contribution in [3.05, 3.63) is 16.4 Å². The van der Waals surface area contributed by atoms with Crippen molar-refractivity contribution in [1.29, 1.82) is 0 Å². The molecule has 7 nitrogen and oxygen atoms in total. The van der Waals surface area contributed by atoms with Gasteiger partial charge >= 0.3 is 4.71 Å². The van der Waals surface area contributed by atoms with Gasteiger partial charge in [0.1, 0.15) is 10.5 Å². The molecular formula is C8H12N3O4+. The van der Waals surface area contributed by atoms with Gasteiger partial charge in [0.25, 0.3) is 0 Å². The molecule has 2 heterocycles. The molecule has 0 amide bonds. The zero-order chi connectivity index (χ0) is 10.6. The molecular weight excluding hydrogens is 202 g/mol. The van der Waals surface area contributed by atoms with Crippen LogP contribution in [-0.4, -0.2) is 33.1 Å². The Balaban J connectivity index is 2.15. The van der Waals surface area contributed by atoms with E-state index in [4.69, 9.17) is 4.52 Å². The molecule has 15 heavy (non-hydrogen) atoms. The van der Waals surface area contributed by atoms with Crippen molar-refractivity contribution >= 4 is 0 Å². The number of nitrogens with zero attached hydrogens (tertiary/aromatic N) is 2. The lowest BCUT2D eigenvalue weighted by Crippen LogP contribution is -2.45. The van der Waals surface area contributed by atoms with Crippen LogP contribution in [0.5, 0.6) is 0 Å². The number of aryl methyl sites for hydroxylation is 1. The van der Waals surface area contributed by atoms with Crippen LogP contribution >= 0.6 is 0 Å².